The fourth-order valence-electron chi connectivity index (χ4n) is 1.39. The number of carbonyl (C=O) groups is 2. The lowest BCUT2D eigenvalue weighted by Gasteiger charge is -2.18. The highest BCUT2D eigenvalue weighted by Gasteiger charge is 2.20. The van der Waals surface area contributed by atoms with E-state index in [0.717, 1.165) is 11.5 Å². The second-order valence-electron chi connectivity index (χ2n) is 3.38. The number of urea groups is 1. The number of aromatic carboxylic acids is 1. The number of nitrogens with zero attached hydrogens (tertiary/aromatic N) is 2. The first-order chi connectivity index (χ1) is 8.01. The van der Waals surface area contributed by atoms with E-state index >= 15 is 0 Å². The maximum absolute atomic E-state index is 11.8. The maximum atomic E-state index is 11.8. The van der Waals surface area contributed by atoms with Crippen LogP contribution < -0.4 is 5.32 Å². The monoisotopic (exact) mass is 257 g/mol. The number of rotatable bonds is 4. The van der Waals surface area contributed by atoms with E-state index in [0.29, 0.717) is 18.8 Å². The highest BCUT2D eigenvalue weighted by Crippen LogP contribution is 2.24. The van der Waals surface area contributed by atoms with Crippen molar-refractivity contribution in [3.05, 3.63) is 11.3 Å². The van der Waals surface area contributed by atoms with Gasteiger partial charge in [0.05, 0.1) is 5.69 Å². The Balaban J connectivity index is 2.89. The fraction of sp³-hybridized carbons (Fsp3) is 0.500. The van der Waals surface area contributed by atoms with Crippen LogP contribution in [0, 0.1) is 6.92 Å². The summed E-state index contributed by atoms with van der Waals surface area (Å²) < 4.78 is 3.93. The Bertz CT molecular complexity index is 426. The average molecular weight is 257 g/mol. The van der Waals surface area contributed by atoms with Crippen LogP contribution >= 0.6 is 11.5 Å². The topological polar surface area (TPSA) is 82.5 Å². The van der Waals surface area contributed by atoms with Gasteiger partial charge in [0.2, 0.25) is 0 Å². The van der Waals surface area contributed by atoms with E-state index in [1.165, 1.54) is 0 Å². The third-order valence-electron chi connectivity index (χ3n) is 2.35. The third-order valence-corrected chi connectivity index (χ3v) is 3.20. The molecular weight excluding hydrogens is 242 g/mol. The second-order valence-corrected chi connectivity index (χ2v) is 4.15. The molecule has 1 rings (SSSR count). The molecule has 6 nitrogen and oxygen atoms in total. The Hall–Kier alpha value is -1.63. The zero-order valence-electron chi connectivity index (χ0n) is 9.98. The van der Waals surface area contributed by atoms with Crippen molar-refractivity contribution in [3.8, 4) is 0 Å². The second kappa shape index (κ2) is 5.62. The van der Waals surface area contributed by atoms with Crippen LogP contribution in [0.25, 0.3) is 0 Å². The van der Waals surface area contributed by atoms with Crippen LogP contribution in [0.5, 0.6) is 0 Å². The molecule has 0 aromatic carbocycles. The van der Waals surface area contributed by atoms with Crippen LogP contribution in [0.4, 0.5) is 9.80 Å². The minimum absolute atomic E-state index is 0.0653. The minimum Gasteiger partial charge on any atom is -0.478 e. The number of carboxylic acids is 1. The number of carbonyl (C=O) groups excluding carboxylic acids is 1. The maximum Gasteiger partial charge on any atom is 0.340 e. The zero-order chi connectivity index (χ0) is 13.0. The molecule has 0 aliphatic rings. The number of aryl methyl sites for hydroxylation is 1. The fourth-order valence-corrected chi connectivity index (χ4v) is 2.17. The van der Waals surface area contributed by atoms with Gasteiger partial charge in [0, 0.05) is 13.1 Å². The smallest absolute Gasteiger partial charge is 0.340 e. The van der Waals surface area contributed by atoms with Crippen molar-refractivity contribution >= 4 is 28.5 Å². The summed E-state index contributed by atoms with van der Waals surface area (Å²) in [7, 11) is 0. The molecule has 1 aromatic rings. The van der Waals surface area contributed by atoms with Gasteiger partial charge in [-0.15, -0.1) is 0 Å². The van der Waals surface area contributed by atoms with Crippen molar-refractivity contribution in [1.82, 2.24) is 9.27 Å². The number of amides is 2. The largest absolute Gasteiger partial charge is 0.478 e. The summed E-state index contributed by atoms with van der Waals surface area (Å²) in [6, 6.07) is -0.304. The molecule has 0 unspecified atom stereocenters. The summed E-state index contributed by atoms with van der Waals surface area (Å²) in [6.07, 6.45) is 0. The van der Waals surface area contributed by atoms with Crippen LogP contribution in [0.15, 0.2) is 0 Å². The van der Waals surface area contributed by atoms with Crippen molar-refractivity contribution in [1.29, 1.82) is 0 Å². The predicted molar refractivity (Wildman–Crippen MR) is 65.8 cm³/mol. The van der Waals surface area contributed by atoms with E-state index in [2.05, 4.69) is 9.69 Å². The van der Waals surface area contributed by atoms with E-state index in [1.807, 2.05) is 13.8 Å². The summed E-state index contributed by atoms with van der Waals surface area (Å²) >= 11 is 0.982. The van der Waals surface area contributed by atoms with Crippen molar-refractivity contribution in [2.45, 2.75) is 20.8 Å². The van der Waals surface area contributed by atoms with Gasteiger partial charge in [0.15, 0.2) is 0 Å². The average Bonchev–Trinajstić information content (AvgIpc) is 2.61. The van der Waals surface area contributed by atoms with Gasteiger partial charge in [-0.05, 0) is 32.3 Å². The van der Waals surface area contributed by atoms with Gasteiger partial charge in [0.25, 0.3) is 0 Å². The molecule has 17 heavy (non-hydrogen) atoms. The van der Waals surface area contributed by atoms with Crippen LogP contribution in [-0.2, 0) is 0 Å². The van der Waals surface area contributed by atoms with E-state index in [4.69, 9.17) is 5.11 Å². The van der Waals surface area contributed by atoms with Crippen LogP contribution in [0.3, 0.4) is 0 Å². The van der Waals surface area contributed by atoms with Crippen molar-refractivity contribution < 1.29 is 14.7 Å². The lowest BCUT2D eigenvalue weighted by molar-refractivity contribution is 0.0697. The predicted octanol–water partition coefficient (Wildman–Crippen LogP) is 2.02. The standard InChI is InChI=1S/C10H15N3O3S/c1-4-13(5-2)10(16)11-8-7(9(14)15)6(3)12-17-8/h4-5H2,1-3H3,(H,11,16)(H,14,15). The lowest BCUT2D eigenvalue weighted by atomic mass is 10.2. The van der Waals surface area contributed by atoms with Gasteiger partial charge in [-0.1, -0.05) is 0 Å². The van der Waals surface area contributed by atoms with E-state index in [1.54, 1.807) is 11.8 Å². The number of aromatic nitrogens is 1. The van der Waals surface area contributed by atoms with Gasteiger partial charge < -0.3 is 10.0 Å². The number of hydrogen-bond acceptors (Lipinski definition) is 4. The van der Waals surface area contributed by atoms with Gasteiger partial charge in [-0.2, -0.15) is 4.37 Å². The Morgan fingerprint density at radius 3 is 2.47 bits per heavy atom. The molecule has 1 aromatic heterocycles. The number of nitrogens with one attached hydrogen (secondary N) is 1. The van der Waals surface area contributed by atoms with Crippen LogP contribution in [0.1, 0.15) is 29.9 Å². The number of carboxylic acid groups (broad SMARTS) is 1. The molecule has 1 heterocycles. The molecule has 0 spiro atoms. The normalized spacial score (nSPS) is 10.1. The first-order valence-electron chi connectivity index (χ1n) is 5.26. The molecule has 0 aliphatic carbocycles. The number of hydrogen-bond donors (Lipinski definition) is 2. The van der Waals surface area contributed by atoms with Crippen molar-refractivity contribution in [3.63, 3.8) is 0 Å². The third kappa shape index (κ3) is 2.94. The Labute approximate surface area is 103 Å². The summed E-state index contributed by atoms with van der Waals surface area (Å²) in [5.41, 5.74) is 0.479. The molecule has 0 atom stereocenters. The molecule has 2 amide bonds. The van der Waals surface area contributed by atoms with E-state index in [-0.39, 0.29) is 16.6 Å². The van der Waals surface area contributed by atoms with E-state index in [9.17, 15) is 9.59 Å². The molecule has 2 N–H and O–H groups in total. The lowest BCUT2D eigenvalue weighted by Crippen LogP contribution is -2.34. The molecule has 94 valence electrons. The zero-order valence-corrected chi connectivity index (χ0v) is 10.8. The van der Waals surface area contributed by atoms with Gasteiger partial charge in [-0.3, -0.25) is 5.32 Å². The van der Waals surface area contributed by atoms with Crippen molar-refractivity contribution in [2.24, 2.45) is 0 Å². The SMILES string of the molecule is CCN(CC)C(=O)Nc1snc(C)c1C(=O)O. The first-order valence-corrected chi connectivity index (χ1v) is 6.04. The minimum atomic E-state index is -1.08. The number of anilines is 1. The molecular formula is C10H15N3O3S. The highest BCUT2D eigenvalue weighted by molar-refractivity contribution is 7.11. The Morgan fingerprint density at radius 2 is 2.00 bits per heavy atom. The molecule has 0 aliphatic heterocycles. The van der Waals surface area contributed by atoms with Crippen molar-refractivity contribution in [2.75, 3.05) is 18.4 Å². The van der Waals surface area contributed by atoms with Gasteiger partial charge in [-0.25, -0.2) is 9.59 Å². The van der Waals surface area contributed by atoms with Gasteiger partial charge >= 0.3 is 12.0 Å². The molecule has 0 radical (unpaired) electrons. The first kappa shape index (κ1) is 13.4. The Kier molecular flexibility index (Phi) is 4.45. The summed E-state index contributed by atoms with van der Waals surface area (Å²) in [6.45, 7) is 6.47. The summed E-state index contributed by atoms with van der Waals surface area (Å²) in [5.74, 6) is -1.08. The van der Waals surface area contributed by atoms with Crippen LogP contribution in [-0.4, -0.2) is 39.5 Å². The molecule has 0 fully saturated rings. The van der Waals surface area contributed by atoms with Crippen LogP contribution in [0.2, 0.25) is 0 Å². The molecule has 0 saturated heterocycles. The Morgan fingerprint density at radius 1 is 1.41 bits per heavy atom. The molecule has 0 bridgehead atoms. The quantitative estimate of drug-likeness (QED) is 0.864. The highest BCUT2D eigenvalue weighted by atomic mass is 32.1. The molecule has 0 saturated carbocycles. The van der Waals surface area contributed by atoms with E-state index < -0.39 is 5.97 Å². The summed E-state index contributed by atoms with van der Waals surface area (Å²) in [4.78, 5) is 24.3. The summed E-state index contributed by atoms with van der Waals surface area (Å²) in [5, 5.41) is 11.9. The molecule has 7 heteroatoms. The van der Waals surface area contributed by atoms with Gasteiger partial charge in [0.1, 0.15) is 10.6 Å².